The molecule has 0 N–H and O–H groups in total. The summed E-state index contributed by atoms with van der Waals surface area (Å²) in [7, 11) is 1.76. The van der Waals surface area contributed by atoms with Gasteiger partial charge in [0, 0.05) is 13.0 Å². The first kappa shape index (κ1) is 28.5. The Kier molecular flexibility index (Phi) is 9.46. The molecule has 218 valence electrons. The highest BCUT2D eigenvalue weighted by molar-refractivity contribution is 5.26. The van der Waals surface area contributed by atoms with E-state index in [1.807, 2.05) is 42.5 Å². The lowest BCUT2D eigenvalue weighted by molar-refractivity contribution is -0.396. The first-order valence-electron chi connectivity index (χ1n) is 15.1. The predicted molar refractivity (Wildman–Crippen MR) is 156 cm³/mol. The molecule has 1 saturated heterocycles. The Balaban J connectivity index is 1.38. The van der Waals surface area contributed by atoms with E-state index in [1.54, 1.807) is 7.11 Å². The summed E-state index contributed by atoms with van der Waals surface area (Å²) >= 11 is 0. The summed E-state index contributed by atoms with van der Waals surface area (Å²) in [5.74, 6) is -0.792. The van der Waals surface area contributed by atoms with Gasteiger partial charge >= 0.3 is 0 Å². The SMILES string of the molecule is CO[C@]1(C2CCCCC2)O[C@@H]2COCc3ccccc3CO[C@@H]([C@@H]2OCc2ccccc2)[C@H]1OCc1ccccc1. The summed E-state index contributed by atoms with van der Waals surface area (Å²) in [4.78, 5) is 0. The minimum Gasteiger partial charge on any atom is -0.374 e. The standard InChI is InChI=1S/C35H42O6/c1-36-35(30-19-9-4-10-20-30)34(40-22-27-15-7-3-8-16-27)33-32(38-21-26-13-5-2-6-14-26)31(41-35)25-37-23-28-17-11-12-18-29(28)24-39-33/h2-3,5-8,11-18,30-34H,4,9-10,19-25H2,1H3/t31-,32-,33+,34-,35-/m1/s1. The van der Waals surface area contributed by atoms with Crippen molar-refractivity contribution < 1.29 is 28.4 Å². The topological polar surface area (TPSA) is 55.4 Å². The van der Waals surface area contributed by atoms with Crippen molar-refractivity contribution in [2.45, 2.75) is 88.7 Å². The van der Waals surface area contributed by atoms with Crippen LogP contribution in [0.2, 0.25) is 0 Å². The van der Waals surface area contributed by atoms with Crippen LogP contribution in [-0.2, 0) is 54.8 Å². The van der Waals surface area contributed by atoms with E-state index >= 15 is 0 Å². The number of hydrogen-bond acceptors (Lipinski definition) is 6. The fourth-order valence-electron chi connectivity index (χ4n) is 6.71. The van der Waals surface area contributed by atoms with Gasteiger partial charge in [-0.15, -0.1) is 0 Å². The van der Waals surface area contributed by atoms with Gasteiger partial charge in [0.05, 0.1) is 33.0 Å². The van der Waals surface area contributed by atoms with Crippen molar-refractivity contribution in [2.75, 3.05) is 13.7 Å². The van der Waals surface area contributed by atoms with E-state index in [1.165, 1.54) is 6.42 Å². The highest BCUT2D eigenvalue weighted by Gasteiger charge is 2.60. The van der Waals surface area contributed by atoms with Crippen LogP contribution in [0, 0.1) is 5.92 Å². The molecule has 1 aliphatic carbocycles. The van der Waals surface area contributed by atoms with Crippen LogP contribution in [0.4, 0.5) is 0 Å². The van der Waals surface area contributed by atoms with Crippen LogP contribution in [-0.4, -0.2) is 43.9 Å². The van der Waals surface area contributed by atoms with E-state index in [0.717, 1.165) is 47.9 Å². The summed E-state index contributed by atoms with van der Waals surface area (Å²) in [6, 6.07) is 28.8. The summed E-state index contributed by atoms with van der Waals surface area (Å²) < 4.78 is 40.3. The van der Waals surface area contributed by atoms with Crippen molar-refractivity contribution in [3.8, 4) is 0 Å². The van der Waals surface area contributed by atoms with Gasteiger partial charge in [-0.2, -0.15) is 0 Å². The molecule has 41 heavy (non-hydrogen) atoms. The van der Waals surface area contributed by atoms with Crippen molar-refractivity contribution in [2.24, 2.45) is 5.92 Å². The third kappa shape index (κ3) is 6.43. The molecule has 3 aromatic rings. The smallest absolute Gasteiger partial charge is 0.200 e. The maximum atomic E-state index is 7.08. The maximum Gasteiger partial charge on any atom is 0.200 e. The molecular weight excluding hydrogens is 516 g/mol. The zero-order valence-corrected chi connectivity index (χ0v) is 24.0. The molecule has 3 aliphatic rings. The van der Waals surface area contributed by atoms with Crippen LogP contribution >= 0.6 is 0 Å². The molecule has 1 saturated carbocycles. The second kappa shape index (κ2) is 13.6. The Labute approximate surface area is 243 Å². The van der Waals surface area contributed by atoms with Crippen molar-refractivity contribution in [1.82, 2.24) is 0 Å². The molecule has 6 heteroatoms. The molecule has 2 heterocycles. The van der Waals surface area contributed by atoms with Crippen molar-refractivity contribution in [3.63, 3.8) is 0 Å². The van der Waals surface area contributed by atoms with Crippen LogP contribution in [0.3, 0.4) is 0 Å². The van der Waals surface area contributed by atoms with E-state index < -0.39 is 24.1 Å². The molecule has 5 atom stereocenters. The van der Waals surface area contributed by atoms with Gasteiger partial charge in [-0.3, -0.25) is 0 Å². The lowest BCUT2D eigenvalue weighted by atomic mass is 9.76. The van der Waals surface area contributed by atoms with Crippen LogP contribution in [0.5, 0.6) is 0 Å². The predicted octanol–water partition coefficient (Wildman–Crippen LogP) is 6.59. The first-order valence-corrected chi connectivity index (χ1v) is 15.1. The Hall–Kier alpha value is -2.58. The minimum absolute atomic E-state index is 0.181. The Morgan fingerprint density at radius 2 is 1.34 bits per heavy atom. The molecule has 0 spiro atoms. The molecular formula is C35H42O6. The number of benzene rings is 3. The number of rotatable bonds is 8. The van der Waals surface area contributed by atoms with E-state index in [4.69, 9.17) is 28.4 Å². The van der Waals surface area contributed by atoms with Gasteiger partial charge in [-0.1, -0.05) is 104 Å². The third-order valence-corrected chi connectivity index (χ3v) is 8.86. The zero-order valence-electron chi connectivity index (χ0n) is 24.0. The van der Waals surface area contributed by atoms with Gasteiger partial charge in [0.1, 0.15) is 24.4 Å². The fraction of sp³-hybridized carbons (Fsp3) is 0.486. The molecule has 6 rings (SSSR count). The molecule has 6 nitrogen and oxygen atoms in total. The monoisotopic (exact) mass is 558 g/mol. The second-order valence-electron chi connectivity index (χ2n) is 11.5. The average molecular weight is 559 g/mol. The maximum absolute atomic E-state index is 7.08. The highest BCUT2D eigenvalue weighted by Crippen LogP contribution is 2.46. The number of ether oxygens (including phenoxy) is 6. The Bertz CT molecular complexity index is 1210. The quantitative estimate of drug-likeness (QED) is 0.311. The van der Waals surface area contributed by atoms with Gasteiger partial charge in [-0.25, -0.2) is 0 Å². The molecule has 0 unspecified atom stereocenters. The summed E-state index contributed by atoms with van der Waals surface area (Å²) in [5.41, 5.74) is 4.43. The third-order valence-electron chi connectivity index (χ3n) is 8.86. The van der Waals surface area contributed by atoms with Gasteiger partial charge in [0.25, 0.3) is 0 Å². The summed E-state index contributed by atoms with van der Waals surface area (Å²) in [5, 5.41) is 0. The minimum atomic E-state index is -0.973. The fourth-order valence-corrected chi connectivity index (χ4v) is 6.71. The van der Waals surface area contributed by atoms with Gasteiger partial charge in [0.2, 0.25) is 5.79 Å². The molecule has 2 aliphatic heterocycles. The molecule has 3 aromatic carbocycles. The van der Waals surface area contributed by atoms with Gasteiger partial charge in [-0.05, 0) is 35.1 Å². The highest BCUT2D eigenvalue weighted by atomic mass is 16.7. The van der Waals surface area contributed by atoms with Crippen LogP contribution in [0.15, 0.2) is 84.9 Å². The normalized spacial score (nSPS) is 29.0. The van der Waals surface area contributed by atoms with E-state index in [-0.39, 0.29) is 12.0 Å². The lowest BCUT2D eigenvalue weighted by Gasteiger charge is -2.55. The van der Waals surface area contributed by atoms with Crippen LogP contribution in [0.25, 0.3) is 0 Å². The van der Waals surface area contributed by atoms with E-state index in [2.05, 4.69) is 42.5 Å². The van der Waals surface area contributed by atoms with Crippen molar-refractivity contribution in [1.29, 1.82) is 0 Å². The van der Waals surface area contributed by atoms with Crippen molar-refractivity contribution in [3.05, 3.63) is 107 Å². The number of methoxy groups -OCH3 is 1. The van der Waals surface area contributed by atoms with Crippen molar-refractivity contribution >= 4 is 0 Å². The largest absolute Gasteiger partial charge is 0.374 e. The number of hydrogen-bond donors (Lipinski definition) is 0. The van der Waals surface area contributed by atoms with Gasteiger partial charge < -0.3 is 28.4 Å². The number of fused-ring (bicyclic) bond motifs is 3. The van der Waals surface area contributed by atoms with E-state index in [0.29, 0.717) is 33.0 Å². The molecule has 0 aromatic heterocycles. The molecule has 2 bridgehead atoms. The summed E-state index contributed by atoms with van der Waals surface area (Å²) in [6.07, 6.45) is 3.86. The summed E-state index contributed by atoms with van der Waals surface area (Å²) in [6.45, 7) is 2.16. The Morgan fingerprint density at radius 1 is 0.732 bits per heavy atom. The average Bonchev–Trinajstić information content (AvgIpc) is 3.04. The van der Waals surface area contributed by atoms with Gasteiger partial charge in [0.15, 0.2) is 0 Å². The second-order valence-corrected chi connectivity index (χ2v) is 11.5. The van der Waals surface area contributed by atoms with Crippen LogP contribution < -0.4 is 0 Å². The zero-order chi connectivity index (χ0) is 27.9. The molecule has 0 amide bonds. The molecule has 0 radical (unpaired) electrons. The molecule has 2 fully saturated rings. The van der Waals surface area contributed by atoms with E-state index in [9.17, 15) is 0 Å². The Morgan fingerprint density at radius 3 is 2.00 bits per heavy atom. The lowest BCUT2D eigenvalue weighted by Crippen LogP contribution is -2.70. The van der Waals surface area contributed by atoms with Crippen LogP contribution in [0.1, 0.15) is 54.4 Å². The first-order chi connectivity index (χ1) is 20.3.